The molecule has 8 heteroatoms. The van der Waals surface area contributed by atoms with E-state index in [9.17, 15) is 4.39 Å². The Hall–Kier alpha value is -1.29. The second-order valence-electron chi connectivity index (χ2n) is 4.60. The van der Waals surface area contributed by atoms with Crippen LogP contribution < -0.4 is 10.6 Å². The monoisotopic (exact) mass is 449 g/mol. The summed E-state index contributed by atoms with van der Waals surface area (Å²) in [6, 6.07) is 8.49. The molecular weight excluding hydrogens is 428 g/mol. The van der Waals surface area contributed by atoms with Crippen molar-refractivity contribution in [2.75, 3.05) is 19.3 Å². The Labute approximate surface area is 157 Å². The number of nitrogens with zero attached hydrogens (tertiary/aromatic N) is 3. The first-order chi connectivity index (χ1) is 10.7. The van der Waals surface area contributed by atoms with E-state index in [-0.39, 0.29) is 29.8 Å². The van der Waals surface area contributed by atoms with E-state index in [4.69, 9.17) is 0 Å². The van der Waals surface area contributed by atoms with E-state index in [0.29, 0.717) is 6.54 Å². The van der Waals surface area contributed by atoms with Gasteiger partial charge in [0, 0.05) is 37.5 Å². The van der Waals surface area contributed by atoms with Crippen LogP contribution in [0, 0.1) is 5.82 Å². The molecule has 0 aliphatic carbocycles. The van der Waals surface area contributed by atoms with Gasteiger partial charge in [0.15, 0.2) is 5.96 Å². The summed E-state index contributed by atoms with van der Waals surface area (Å²) < 4.78 is 14.6. The van der Waals surface area contributed by atoms with E-state index >= 15 is 0 Å². The average molecular weight is 449 g/mol. The molecule has 0 fully saturated rings. The Bertz CT molecular complexity index is 615. The molecule has 2 aromatic rings. The minimum absolute atomic E-state index is 0. The Balaban J connectivity index is 0.00000264. The first-order valence-electron chi connectivity index (χ1n) is 6.99. The van der Waals surface area contributed by atoms with Crippen molar-refractivity contribution in [3.8, 4) is 0 Å². The molecule has 0 aliphatic rings. The maximum atomic E-state index is 12.8. The van der Waals surface area contributed by atoms with Gasteiger partial charge in [-0.25, -0.2) is 4.39 Å². The number of hydrogen-bond acceptors (Lipinski definition) is 3. The van der Waals surface area contributed by atoms with Gasteiger partial charge in [-0.15, -0.1) is 35.7 Å². The van der Waals surface area contributed by atoms with Gasteiger partial charge in [-0.1, -0.05) is 0 Å². The number of aryl methyl sites for hydroxylation is 1. The van der Waals surface area contributed by atoms with E-state index in [1.54, 1.807) is 37.1 Å². The summed E-state index contributed by atoms with van der Waals surface area (Å²) in [6.07, 6.45) is 1.77. The molecule has 126 valence electrons. The van der Waals surface area contributed by atoms with Crippen LogP contribution in [0.15, 0.2) is 46.4 Å². The molecule has 0 radical (unpaired) electrons. The summed E-state index contributed by atoms with van der Waals surface area (Å²) >= 11 is 1.67. The maximum absolute atomic E-state index is 12.8. The zero-order valence-electron chi connectivity index (χ0n) is 13.1. The lowest BCUT2D eigenvalue weighted by Gasteiger charge is -2.11. The molecule has 1 aromatic heterocycles. The van der Waals surface area contributed by atoms with Gasteiger partial charge in [-0.05, 0) is 30.3 Å². The Morgan fingerprint density at radius 1 is 1.26 bits per heavy atom. The summed E-state index contributed by atoms with van der Waals surface area (Å²) in [5, 5.41) is 10.6. The Morgan fingerprint density at radius 2 is 2.00 bits per heavy atom. The number of aromatic nitrogens is 2. The number of nitrogens with one attached hydrogen (secondary N) is 2. The fourth-order valence-electron chi connectivity index (χ4n) is 1.84. The predicted molar refractivity (Wildman–Crippen MR) is 104 cm³/mol. The van der Waals surface area contributed by atoms with Crippen LogP contribution >= 0.6 is 35.7 Å². The molecule has 0 spiro atoms. The second kappa shape index (κ2) is 10.5. The summed E-state index contributed by atoms with van der Waals surface area (Å²) in [4.78, 5) is 5.24. The topological polar surface area (TPSA) is 54.2 Å². The van der Waals surface area contributed by atoms with Crippen molar-refractivity contribution in [1.29, 1.82) is 0 Å². The van der Waals surface area contributed by atoms with E-state index in [1.165, 1.54) is 12.1 Å². The van der Waals surface area contributed by atoms with Crippen molar-refractivity contribution < 1.29 is 4.39 Å². The van der Waals surface area contributed by atoms with Crippen LogP contribution in [0.25, 0.3) is 0 Å². The van der Waals surface area contributed by atoms with Crippen LogP contribution in [0.2, 0.25) is 0 Å². The second-order valence-corrected chi connectivity index (χ2v) is 5.77. The Morgan fingerprint density at radius 3 is 2.61 bits per heavy atom. The molecule has 5 nitrogen and oxygen atoms in total. The fraction of sp³-hybridized carbons (Fsp3) is 0.333. The van der Waals surface area contributed by atoms with Gasteiger partial charge in [0.1, 0.15) is 5.82 Å². The van der Waals surface area contributed by atoms with Gasteiger partial charge >= 0.3 is 0 Å². The number of aliphatic imine (C=N–C) groups is 1. The lowest BCUT2D eigenvalue weighted by Crippen LogP contribution is -2.38. The van der Waals surface area contributed by atoms with Crippen LogP contribution in [0.5, 0.6) is 0 Å². The summed E-state index contributed by atoms with van der Waals surface area (Å²) in [5.41, 5.74) is 1.09. The lowest BCUT2D eigenvalue weighted by atomic mass is 10.4. The average Bonchev–Trinajstić information content (AvgIpc) is 2.93. The van der Waals surface area contributed by atoms with Crippen LogP contribution in [-0.2, 0) is 13.6 Å². The predicted octanol–water partition coefficient (Wildman–Crippen LogP) is 2.63. The molecule has 1 aromatic carbocycles. The zero-order chi connectivity index (χ0) is 15.8. The van der Waals surface area contributed by atoms with Crippen LogP contribution in [-0.4, -0.2) is 35.1 Å². The molecule has 0 unspecified atom stereocenters. The zero-order valence-corrected chi connectivity index (χ0v) is 16.3. The largest absolute Gasteiger partial charge is 0.356 e. The van der Waals surface area contributed by atoms with Crippen molar-refractivity contribution in [1.82, 2.24) is 20.4 Å². The van der Waals surface area contributed by atoms with Crippen molar-refractivity contribution in [3.63, 3.8) is 0 Å². The number of benzene rings is 1. The number of guanidine groups is 1. The quantitative estimate of drug-likeness (QED) is 0.234. The van der Waals surface area contributed by atoms with E-state index in [1.807, 2.05) is 17.8 Å². The number of hydrogen-bond donors (Lipinski definition) is 2. The molecule has 2 N–H and O–H groups in total. The van der Waals surface area contributed by atoms with Crippen molar-refractivity contribution >= 4 is 41.7 Å². The SMILES string of the molecule is CN=C(NCCSc1ccc(F)cc1)NCc1ccnn1C.I. The first kappa shape index (κ1) is 19.8. The minimum Gasteiger partial charge on any atom is -0.356 e. The third kappa shape index (κ3) is 6.78. The van der Waals surface area contributed by atoms with Gasteiger partial charge in [0.05, 0.1) is 12.2 Å². The molecule has 0 atom stereocenters. The van der Waals surface area contributed by atoms with Crippen molar-refractivity contribution in [2.45, 2.75) is 11.4 Å². The van der Waals surface area contributed by atoms with E-state index in [2.05, 4.69) is 20.7 Å². The smallest absolute Gasteiger partial charge is 0.191 e. The van der Waals surface area contributed by atoms with E-state index in [0.717, 1.165) is 28.8 Å². The van der Waals surface area contributed by atoms with Crippen LogP contribution in [0.3, 0.4) is 0 Å². The number of halogens is 2. The molecular formula is C15H21FIN5S. The first-order valence-corrected chi connectivity index (χ1v) is 7.97. The molecule has 2 rings (SSSR count). The minimum atomic E-state index is -0.206. The van der Waals surface area contributed by atoms with Gasteiger partial charge in [-0.3, -0.25) is 9.67 Å². The molecule has 0 bridgehead atoms. The number of thioether (sulfide) groups is 1. The van der Waals surface area contributed by atoms with E-state index < -0.39 is 0 Å². The third-order valence-electron chi connectivity index (χ3n) is 3.06. The highest BCUT2D eigenvalue weighted by molar-refractivity contribution is 14.0. The molecule has 0 amide bonds. The van der Waals surface area contributed by atoms with Gasteiger partial charge in [0.25, 0.3) is 0 Å². The standard InChI is InChI=1S/C15H20FN5S.HI/c1-17-15(19-11-13-7-8-20-21(13)2)18-9-10-22-14-5-3-12(16)4-6-14;/h3-8H,9-11H2,1-2H3,(H2,17,18,19);1H. The van der Waals surface area contributed by atoms with Gasteiger partial charge < -0.3 is 10.6 Å². The molecule has 0 saturated carbocycles. The fourth-order valence-corrected chi connectivity index (χ4v) is 2.61. The van der Waals surface area contributed by atoms with Crippen LogP contribution in [0.1, 0.15) is 5.69 Å². The van der Waals surface area contributed by atoms with Crippen LogP contribution in [0.4, 0.5) is 4.39 Å². The summed E-state index contributed by atoms with van der Waals surface area (Å²) in [5.74, 6) is 1.42. The summed E-state index contributed by atoms with van der Waals surface area (Å²) in [7, 11) is 3.65. The van der Waals surface area contributed by atoms with Gasteiger partial charge in [-0.2, -0.15) is 5.10 Å². The molecule has 0 saturated heterocycles. The highest BCUT2D eigenvalue weighted by Crippen LogP contribution is 2.17. The van der Waals surface area contributed by atoms with Crippen molar-refractivity contribution in [2.24, 2.45) is 12.0 Å². The lowest BCUT2D eigenvalue weighted by molar-refractivity contribution is 0.626. The Kier molecular flexibility index (Phi) is 9.00. The van der Waals surface area contributed by atoms with Crippen molar-refractivity contribution in [3.05, 3.63) is 48.0 Å². The molecule has 23 heavy (non-hydrogen) atoms. The highest BCUT2D eigenvalue weighted by atomic mass is 127. The summed E-state index contributed by atoms with van der Waals surface area (Å²) in [6.45, 7) is 1.44. The molecule has 1 heterocycles. The molecule has 0 aliphatic heterocycles. The maximum Gasteiger partial charge on any atom is 0.191 e. The normalized spacial score (nSPS) is 11.0. The number of rotatable bonds is 6. The third-order valence-corrected chi connectivity index (χ3v) is 4.07. The van der Waals surface area contributed by atoms with Gasteiger partial charge in [0.2, 0.25) is 0 Å². The highest BCUT2D eigenvalue weighted by Gasteiger charge is 2.01.